The number of benzene rings is 2. The fraction of sp³-hybridized carbons (Fsp3) is 0. The van der Waals surface area contributed by atoms with E-state index >= 15 is 0 Å². The predicted octanol–water partition coefficient (Wildman–Crippen LogP) is 5.75. The van der Waals surface area contributed by atoms with Gasteiger partial charge in [-0.15, -0.1) is 0 Å². The quantitative estimate of drug-likeness (QED) is 0.522. The third-order valence-electron chi connectivity index (χ3n) is 2.50. The molecule has 1 N–H and O–H groups in total. The summed E-state index contributed by atoms with van der Waals surface area (Å²) in [6, 6.07) is 7.70. The molecule has 0 saturated carbocycles. The summed E-state index contributed by atoms with van der Waals surface area (Å²) in [5, 5.41) is -0.473. The first-order valence-electron chi connectivity index (χ1n) is 5.35. The van der Waals surface area contributed by atoms with E-state index < -0.39 is 10.0 Å². The Balaban J connectivity index is 2.55. The molecular weight excluding hydrogens is 399 g/mol. The summed E-state index contributed by atoms with van der Waals surface area (Å²) in [6.45, 7) is 0. The molecule has 0 atom stereocenters. The second kappa shape index (κ2) is 6.41. The van der Waals surface area contributed by atoms with Crippen LogP contribution in [0, 0.1) is 0 Å². The van der Waals surface area contributed by atoms with Crippen LogP contribution in [-0.4, -0.2) is 8.42 Å². The van der Waals surface area contributed by atoms with Crippen LogP contribution in [0.15, 0.2) is 35.2 Å². The summed E-state index contributed by atoms with van der Waals surface area (Å²) in [4.78, 5) is 0.0410. The molecule has 0 radical (unpaired) electrons. The Labute approximate surface area is 146 Å². The molecule has 2 aromatic carbocycles. The van der Waals surface area contributed by atoms with Crippen molar-refractivity contribution in [2.75, 3.05) is 4.72 Å². The van der Waals surface area contributed by atoms with Crippen molar-refractivity contribution in [1.82, 2.24) is 0 Å². The highest BCUT2D eigenvalue weighted by molar-refractivity contribution is 7.92. The van der Waals surface area contributed by atoms with Gasteiger partial charge in [0.25, 0.3) is 10.0 Å². The van der Waals surface area contributed by atoms with Gasteiger partial charge in [-0.05, 0) is 12.1 Å². The molecule has 0 spiro atoms. The molecule has 0 unspecified atom stereocenters. The van der Waals surface area contributed by atoms with Crippen LogP contribution in [0.3, 0.4) is 0 Å². The summed E-state index contributed by atoms with van der Waals surface area (Å²) >= 11 is 29.6. The van der Waals surface area contributed by atoms with Gasteiger partial charge in [-0.25, -0.2) is 8.42 Å². The summed E-state index contributed by atoms with van der Waals surface area (Å²) in [6.07, 6.45) is 0. The third kappa shape index (κ3) is 3.36. The topological polar surface area (TPSA) is 46.2 Å². The van der Waals surface area contributed by atoms with Crippen LogP contribution in [0.1, 0.15) is 0 Å². The van der Waals surface area contributed by atoms with E-state index in [1.54, 1.807) is 18.2 Å². The lowest BCUT2D eigenvalue weighted by Gasteiger charge is -2.14. The van der Waals surface area contributed by atoms with Gasteiger partial charge in [-0.3, -0.25) is 4.72 Å². The highest BCUT2D eigenvalue weighted by Crippen LogP contribution is 2.47. The molecule has 0 aromatic heterocycles. The lowest BCUT2D eigenvalue weighted by molar-refractivity contribution is 0.601. The number of halogens is 5. The first-order valence-corrected chi connectivity index (χ1v) is 8.72. The number of rotatable bonds is 3. The van der Waals surface area contributed by atoms with Gasteiger partial charge in [0.15, 0.2) is 0 Å². The average molecular weight is 406 g/mol. The van der Waals surface area contributed by atoms with E-state index in [0.717, 1.165) is 0 Å². The molecule has 2 aromatic rings. The number of sulfonamides is 1. The molecule has 3 nitrogen and oxygen atoms in total. The second-order valence-electron chi connectivity index (χ2n) is 3.86. The van der Waals surface area contributed by atoms with Gasteiger partial charge >= 0.3 is 0 Å². The lowest BCUT2D eigenvalue weighted by atomic mass is 10.3. The molecule has 0 aliphatic carbocycles. The zero-order chi connectivity index (χ0) is 15.8. The molecule has 2 rings (SSSR count). The van der Waals surface area contributed by atoms with Crippen molar-refractivity contribution in [2.24, 2.45) is 0 Å². The van der Waals surface area contributed by atoms with Crippen LogP contribution >= 0.6 is 58.0 Å². The van der Waals surface area contributed by atoms with Crippen LogP contribution in [0.2, 0.25) is 25.1 Å². The molecule has 0 heterocycles. The summed E-state index contributed by atoms with van der Waals surface area (Å²) in [7, 11) is -3.88. The van der Waals surface area contributed by atoms with Crippen molar-refractivity contribution in [1.29, 1.82) is 0 Å². The van der Waals surface area contributed by atoms with Gasteiger partial charge in [0.05, 0.1) is 35.7 Å². The van der Waals surface area contributed by atoms with E-state index in [1.165, 1.54) is 12.1 Å². The maximum atomic E-state index is 12.3. The first-order chi connectivity index (χ1) is 9.75. The number of anilines is 1. The summed E-state index contributed by atoms with van der Waals surface area (Å²) in [5.41, 5.74) is -0.124. The van der Waals surface area contributed by atoms with E-state index in [4.69, 9.17) is 58.0 Å². The van der Waals surface area contributed by atoms with E-state index in [2.05, 4.69) is 4.72 Å². The molecule has 0 saturated heterocycles. The van der Waals surface area contributed by atoms with Gasteiger partial charge < -0.3 is 0 Å². The van der Waals surface area contributed by atoms with Gasteiger partial charge in [0, 0.05) is 0 Å². The molecule has 112 valence electrons. The Morgan fingerprint density at radius 3 is 1.62 bits per heavy atom. The first kappa shape index (κ1) is 17.0. The molecule has 0 amide bonds. The zero-order valence-corrected chi connectivity index (χ0v) is 14.6. The minimum Gasteiger partial charge on any atom is -0.276 e. The van der Waals surface area contributed by atoms with Crippen LogP contribution in [0.4, 0.5) is 5.69 Å². The molecule has 0 aliphatic rings. The van der Waals surface area contributed by atoms with Crippen molar-refractivity contribution in [3.63, 3.8) is 0 Å². The van der Waals surface area contributed by atoms with Gasteiger partial charge in [-0.1, -0.05) is 76.2 Å². The fourth-order valence-electron chi connectivity index (χ4n) is 1.49. The largest absolute Gasteiger partial charge is 0.276 e. The second-order valence-corrected chi connectivity index (χ2v) is 7.44. The van der Waals surface area contributed by atoms with Crippen molar-refractivity contribution < 1.29 is 8.42 Å². The number of hydrogen-bond acceptors (Lipinski definition) is 2. The van der Waals surface area contributed by atoms with Crippen LogP contribution < -0.4 is 4.72 Å². The molecule has 0 bridgehead atoms. The van der Waals surface area contributed by atoms with Crippen molar-refractivity contribution in [3.05, 3.63) is 55.4 Å². The minimum absolute atomic E-state index is 0.0410. The van der Waals surface area contributed by atoms with Crippen LogP contribution in [0.5, 0.6) is 0 Å². The normalized spacial score (nSPS) is 11.5. The van der Waals surface area contributed by atoms with Crippen molar-refractivity contribution >= 4 is 73.7 Å². The van der Waals surface area contributed by atoms with Gasteiger partial charge in [0.2, 0.25) is 0 Å². The average Bonchev–Trinajstić information content (AvgIpc) is 2.48. The fourth-order valence-corrected chi connectivity index (χ4v) is 3.94. The Morgan fingerprint density at radius 1 is 0.714 bits per heavy atom. The zero-order valence-electron chi connectivity index (χ0n) is 10.0. The lowest BCUT2D eigenvalue weighted by Crippen LogP contribution is -2.13. The number of hydrogen-bond donors (Lipinski definition) is 1. The SMILES string of the molecule is O=S(=O)(Nc1c(Cl)c(Cl)c(Cl)c(Cl)c1Cl)c1ccccc1. The molecule has 21 heavy (non-hydrogen) atoms. The highest BCUT2D eigenvalue weighted by atomic mass is 35.5. The maximum absolute atomic E-state index is 12.3. The van der Waals surface area contributed by atoms with E-state index in [1.807, 2.05) is 0 Å². The predicted molar refractivity (Wildman–Crippen MR) is 88.7 cm³/mol. The smallest absolute Gasteiger partial charge is 0.261 e. The van der Waals surface area contributed by atoms with Crippen molar-refractivity contribution in [3.8, 4) is 0 Å². The number of nitrogens with one attached hydrogen (secondary N) is 1. The summed E-state index contributed by atoms with van der Waals surface area (Å²) < 4.78 is 26.8. The van der Waals surface area contributed by atoms with Crippen LogP contribution in [0.25, 0.3) is 0 Å². The third-order valence-corrected chi connectivity index (χ3v) is 6.14. The van der Waals surface area contributed by atoms with E-state index in [-0.39, 0.29) is 35.7 Å². The van der Waals surface area contributed by atoms with Gasteiger partial charge in [0.1, 0.15) is 0 Å². The molecule has 9 heteroatoms. The Kier molecular flexibility index (Phi) is 5.19. The van der Waals surface area contributed by atoms with Gasteiger partial charge in [-0.2, -0.15) is 0 Å². The van der Waals surface area contributed by atoms with Crippen LogP contribution in [-0.2, 0) is 10.0 Å². The molecule has 0 fully saturated rings. The highest BCUT2D eigenvalue weighted by Gasteiger charge is 2.23. The van der Waals surface area contributed by atoms with Crippen molar-refractivity contribution in [2.45, 2.75) is 4.90 Å². The maximum Gasteiger partial charge on any atom is 0.261 e. The van der Waals surface area contributed by atoms with E-state index in [9.17, 15) is 8.42 Å². The molecular formula is C12H6Cl5NO2S. The monoisotopic (exact) mass is 403 g/mol. The Morgan fingerprint density at radius 2 is 1.14 bits per heavy atom. The summed E-state index contributed by atoms with van der Waals surface area (Å²) in [5.74, 6) is 0. The van der Waals surface area contributed by atoms with E-state index in [0.29, 0.717) is 0 Å². The standard InChI is InChI=1S/C12H6Cl5NO2S/c13-7-8(14)10(16)12(11(17)9(7)15)18-21(19,20)6-4-2-1-3-5-6/h1-5,18H. The molecule has 0 aliphatic heterocycles. The Bertz CT molecular complexity index is 764. The Hall–Kier alpha value is -0.360. The minimum atomic E-state index is -3.88.